The summed E-state index contributed by atoms with van der Waals surface area (Å²) < 4.78 is 42.8. The molecule has 1 spiro atoms. The largest absolute Gasteiger partial charge is 0.490 e. The molecule has 3 heterocycles. The zero-order valence-corrected chi connectivity index (χ0v) is 16.0. The first kappa shape index (κ1) is 22.4. The Labute approximate surface area is 164 Å². The maximum Gasteiger partial charge on any atom is 0.490 e. The molecule has 1 unspecified atom stereocenters. The molecule has 11 heteroatoms. The molecule has 0 saturated carbocycles. The Hall–Kier alpha value is -1.85. The molecule has 2 aliphatic rings. The van der Waals surface area contributed by atoms with E-state index in [9.17, 15) is 18.0 Å². The van der Waals surface area contributed by atoms with Crippen molar-refractivity contribution in [1.82, 2.24) is 9.88 Å². The number of ether oxygens (including phenoxy) is 2. The fraction of sp³-hybridized carbons (Fsp3) is 0.588. The Morgan fingerprint density at radius 1 is 1.43 bits per heavy atom. The van der Waals surface area contributed by atoms with Crippen LogP contribution in [0.4, 0.5) is 13.2 Å². The predicted octanol–water partition coefficient (Wildman–Crippen LogP) is 1.96. The first-order valence-corrected chi connectivity index (χ1v) is 9.35. The number of carboxylic acid groups (broad SMARTS) is 1. The van der Waals surface area contributed by atoms with E-state index in [-0.39, 0.29) is 23.4 Å². The molecule has 1 aromatic heterocycles. The van der Waals surface area contributed by atoms with Crippen molar-refractivity contribution in [1.29, 1.82) is 0 Å². The number of aromatic nitrogens is 1. The molecule has 28 heavy (non-hydrogen) atoms. The van der Waals surface area contributed by atoms with Crippen LogP contribution in [0.2, 0.25) is 0 Å². The maximum atomic E-state index is 11.7. The number of nitrogens with zero attached hydrogens (tertiary/aromatic N) is 2. The topological polar surface area (TPSA) is 89.0 Å². The van der Waals surface area contributed by atoms with Crippen LogP contribution in [0.5, 0.6) is 0 Å². The number of carboxylic acids is 1. The summed E-state index contributed by atoms with van der Waals surface area (Å²) in [6, 6.07) is 3.95. The highest BCUT2D eigenvalue weighted by atomic mass is 32.2. The van der Waals surface area contributed by atoms with E-state index in [4.69, 9.17) is 19.4 Å². The van der Waals surface area contributed by atoms with Crippen LogP contribution in [-0.2, 0) is 25.7 Å². The molecule has 1 atom stereocenters. The number of amides is 1. The van der Waals surface area contributed by atoms with E-state index in [1.165, 1.54) is 0 Å². The average molecular weight is 422 g/mol. The zero-order chi connectivity index (χ0) is 20.8. The molecule has 0 radical (unpaired) electrons. The number of rotatable bonds is 5. The lowest BCUT2D eigenvalue weighted by Crippen LogP contribution is -2.61. The van der Waals surface area contributed by atoms with Crippen molar-refractivity contribution in [2.24, 2.45) is 0 Å². The molecule has 1 aromatic rings. The minimum Gasteiger partial charge on any atom is -0.475 e. The normalized spacial score (nSPS) is 20.3. The summed E-state index contributed by atoms with van der Waals surface area (Å²) in [6.07, 6.45) is -0.180. The molecule has 2 fully saturated rings. The number of carbonyl (C=O) groups is 2. The van der Waals surface area contributed by atoms with Gasteiger partial charge in [0.1, 0.15) is 6.61 Å². The lowest BCUT2D eigenvalue weighted by Gasteiger charge is -2.47. The zero-order valence-electron chi connectivity index (χ0n) is 15.1. The molecule has 2 saturated heterocycles. The van der Waals surface area contributed by atoms with Crippen LogP contribution in [0.1, 0.15) is 12.0 Å². The van der Waals surface area contributed by atoms with Crippen molar-refractivity contribution in [2.75, 3.05) is 32.6 Å². The molecular weight excluding hydrogens is 401 g/mol. The van der Waals surface area contributed by atoms with E-state index in [0.717, 1.165) is 30.8 Å². The van der Waals surface area contributed by atoms with Gasteiger partial charge >= 0.3 is 12.1 Å². The van der Waals surface area contributed by atoms with Gasteiger partial charge < -0.3 is 19.5 Å². The van der Waals surface area contributed by atoms with E-state index >= 15 is 0 Å². The standard InChI is InChI=1S/C15H20N2O3S.C2HF3O2/c1-19-8-14(18)17-10-15(11-17)5-13(9-21-15)20-7-12-3-2-4-16-6-12;3-2(4,5)1(6)7/h2-4,6,13H,5,7-11H2,1H3;(H,6,7). The third kappa shape index (κ3) is 6.35. The van der Waals surface area contributed by atoms with Crippen LogP contribution < -0.4 is 0 Å². The van der Waals surface area contributed by atoms with Gasteiger partial charge in [-0.3, -0.25) is 9.78 Å². The highest BCUT2D eigenvalue weighted by Gasteiger charge is 2.50. The van der Waals surface area contributed by atoms with Gasteiger partial charge in [-0.1, -0.05) is 6.07 Å². The highest BCUT2D eigenvalue weighted by molar-refractivity contribution is 8.01. The van der Waals surface area contributed by atoms with Crippen molar-refractivity contribution in [3.63, 3.8) is 0 Å². The number of pyridine rings is 1. The molecule has 1 amide bonds. The molecule has 0 aromatic carbocycles. The van der Waals surface area contributed by atoms with Gasteiger partial charge in [0.15, 0.2) is 0 Å². The van der Waals surface area contributed by atoms with E-state index in [1.54, 1.807) is 13.3 Å². The second-order valence-corrected chi connectivity index (χ2v) is 7.97. The number of hydrogen-bond acceptors (Lipinski definition) is 6. The van der Waals surface area contributed by atoms with Crippen LogP contribution in [0.25, 0.3) is 0 Å². The van der Waals surface area contributed by atoms with Crippen molar-refractivity contribution in [3.05, 3.63) is 30.1 Å². The number of aliphatic carboxylic acids is 1. The summed E-state index contributed by atoms with van der Waals surface area (Å²) in [5.74, 6) is -1.66. The second kappa shape index (κ2) is 9.57. The Balaban J connectivity index is 0.000000345. The Bertz CT molecular complexity index is 669. The van der Waals surface area contributed by atoms with Gasteiger partial charge in [0, 0.05) is 38.3 Å². The molecule has 7 nitrogen and oxygen atoms in total. The summed E-state index contributed by atoms with van der Waals surface area (Å²) in [5.41, 5.74) is 1.11. The first-order valence-electron chi connectivity index (χ1n) is 8.36. The number of hydrogen-bond donors (Lipinski definition) is 1. The third-order valence-corrected chi connectivity index (χ3v) is 5.78. The van der Waals surface area contributed by atoms with E-state index in [0.29, 0.717) is 6.61 Å². The van der Waals surface area contributed by atoms with Crippen LogP contribution >= 0.6 is 11.8 Å². The minimum atomic E-state index is -5.08. The third-order valence-electron chi connectivity index (χ3n) is 4.20. The number of methoxy groups -OCH3 is 1. The lowest BCUT2D eigenvalue weighted by molar-refractivity contribution is -0.192. The van der Waals surface area contributed by atoms with Gasteiger partial charge in [0.2, 0.25) is 5.91 Å². The molecule has 0 bridgehead atoms. The fourth-order valence-corrected chi connectivity index (χ4v) is 4.42. The Morgan fingerprint density at radius 3 is 2.64 bits per heavy atom. The SMILES string of the molecule is COCC(=O)N1CC2(CC(OCc3cccnc3)CS2)C1.O=C(O)C(F)(F)F. The average Bonchev–Trinajstić information content (AvgIpc) is 3.04. The Morgan fingerprint density at radius 2 is 2.11 bits per heavy atom. The second-order valence-electron chi connectivity index (χ2n) is 6.48. The van der Waals surface area contributed by atoms with Gasteiger partial charge in [-0.2, -0.15) is 13.2 Å². The molecule has 1 N–H and O–H groups in total. The van der Waals surface area contributed by atoms with E-state index in [1.807, 2.05) is 35.0 Å². The lowest BCUT2D eigenvalue weighted by atomic mass is 9.93. The summed E-state index contributed by atoms with van der Waals surface area (Å²) >= 11 is 1.94. The van der Waals surface area contributed by atoms with Crippen LogP contribution in [-0.4, -0.2) is 76.5 Å². The maximum absolute atomic E-state index is 11.7. The van der Waals surface area contributed by atoms with E-state index < -0.39 is 12.1 Å². The highest BCUT2D eigenvalue weighted by Crippen LogP contribution is 2.46. The van der Waals surface area contributed by atoms with Crippen LogP contribution in [0.3, 0.4) is 0 Å². The molecule has 156 valence electrons. The quantitative estimate of drug-likeness (QED) is 0.776. The van der Waals surface area contributed by atoms with Crippen molar-refractivity contribution < 1.29 is 37.3 Å². The number of likely N-dealkylation sites (tertiary alicyclic amines) is 1. The van der Waals surface area contributed by atoms with Crippen LogP contribution in [0.15, 0.2) is 24.5 Å². The summed E-state index contributed by atoms with van der Waals surface area (Å²) in [4.78, 5) is 26.6. The van der Waals surface area contributed by atoms with Gasteiger partial charge in [0.25, 0.3) is 0 Å². The summed E-state index contributed by atoms with van der Waals surface area (Å²) in [7, 11) is 1.56. The number of alkyl halides is 3. The summed E-state index contributed by atoms with van der Waals surface area (Å²) in [5, 5.41) is 7.12. The van der Waals surface area contributed by atoms with Crippen molar-refractivity contribution >= 4 is 23.6 Å². The first-order chi connectivity index (χ1) is 13.1. The van der Waals surface area contributed by atoms with Crippen molar-refractivity contribution in [2.45, 2.75) is 30.1 Å². The minimum absolute atomic E-state index is 0.0865. The van der Waals surface area contributed by atoms with E-state index in [2.05, 4.69) is 4.98 Å². The van der Waals surface area contributed by atoms with Gasteiger partial charge in [-0.05, 0) is 18.1 Å². The van der Waals surface area contributed by atoms with Gasteiger partial charge in [-0.15, -0.1) is 11.8 Å². The molecule has 3 rings (SSSR count). The van der Waals surface area contributed by atoms with Crippen LogP contribution in [0, 0.1) is 0 Å². The fourth-order valence-electron chi connectivity index (χ4n) is 2.87. The Kier molecular flexibility index (Phi) is 7.67. The molecular formula is C17H21F3N2O5S. The monoisotopic (exact) mass is 422 g/mol. The number of halogens is 3. The molecule has 2 aliphatic heterocycles. The van der Waals surface area contributed by atoms with Gasteiger partial charge in [0.05, 0.1) is 17.5 Å². The summed E-state index contributed by atoms with van der Waals surface area (Å²) in [6.45, 7) is 2.45. The number of carbonyl (C=O) groups excluding carboxylic acids is 1. The van der Waals surface area contributed by atoms with Gasteiger partial charge in [-0.25, -0.2) is 4.79 Å². The molecule has 0 aliphatic carbocycles. The predicted molar refractivity (Wildman–Crippen MR) is 94.8 cm³/mol. The smallest absolute Gasteiger partial charge is 0.475 e. The number of thioether (sulfide) groups is 1. The van der Waals surface area contributed by atoms with Crippen molar-refractivity contribution in [3.8, 4) is 0 Å².